The highest BCUT2D eigenvalue weighted by atomic mass is 15.2. The fourth-order valence-corrected chi connectivity index (χ4v) is 3.07. The third kappa shape index (κ3) is 4.65. The van der Waals surface area contributed by atoms with Gasteiger partial charge in [0.1, 0.15) is 11.4 Å². The number of benzene rings is 2. The summed E-state index contributed by atoms with van der Waals surface area (Å²) in [5.41, 5.74) is 14.1. The van der Waals surface area contributed by atoms with Crippen molar-refractivity contribution in [2.75, 3.05) is 22.1 Å². The number of hydrogen-bond donors (Lipinski definition) is 4. The first-order valence-corrected chi connectivity index (χ1v) is 10.1. The molecule has 2 aromatic carbocycles. The van der Waals surface area contributed by atoms with E-state index in [0.29, 0.717) is 11.4 Å². The lowest BCUT2D eigenvalue weighted by atomic mass is 10.2. The van der Waals surface area contributed by atoms with E-state index in [1.807, 2.05) is 60.7 Å². The Kier molecular flexibility index (Phi) is 5.51. The molecule has 166 valence electrons. The summed E-state index contributed by atoms with van der Waals surface area (Å²) < 4.78 is 0. The van der Waals surface area contributed by atoms with Crippen molar-refractivity contribution in [1.82, 2.24) is 39.9 Å². The molecule has 5 aromatic rings. The molecule has 0 aliphatic heterocycles. The molecule has 0 atom stereocenters. The molecule has 5 rings (SSSR count). The minimum Gasteiger partial charge on any atom is -0.368 e. The Morgan fingerprint density at radius 3 is 1.32 bits per heavy atom. The summed E-state index contributed by atoms with van der Waals surface area (Å²) in [6.07, 6.45) is 3.02. The zero-order valence-corrected chi connectivity index (χ0v) is 17.7. The molecule has 0 saturated heterocycles. The molecule has 0 bridgehead atoms. The summed E-state index contributed by atoms with van der Waals surface area (Å²) in [4.78, 5) is 34.5. The number of aromatic nitrogens is 8. The molecule has 12 heteroatoms. The zero-order valence-electron chi connectivity index (χ0n) is 17.7. The van der Waals surface area contributed by atoms with E-state index in [1.54, 1.807) is 0 Å². The highest BCUT2D eigenvalue weighted by Crippen LogP contribution is 2.26. The Labute approximate surface area is 193 Å². The van der Waals surface area contributed by atoms with Crippen LogP contribution in [0.4, 0.5) is 35.2 Å². The lowest BCUT2D eigenvalue weighted by molar-refractivity contribution is 1.03. The molecule has 0 aliphatic carbocycles. The lowest BCUT2D eigenvalue weighted by Gasteiger charge is -2.10. The van der Waals surface area contributed by atoms with Gasteiger partial charge >= 0.3 is 0 Å². The summed E-state index contributed by atoms with van der Waals surface area (Å²) in [7, 11) is 0. The molecular formula is C22H18N12. The fourth-order valence-electron chi connectivity index (χ4n) is 3.07. The van der Waals surface area contributed by atoms with Crippen LogP contribution in [0.15, 0.2) is 73.1 Å². The van der Waals surface area contributed by atoms with Gasteiger partial charge < -0.3 is 22.1 Å². The Hall–Kier alpha value is -5.26. The number of hydrogen-bond acceptors (Lipinski definition) is 12. The van der Waals surface area contributed by atoms with Gasteiger partial charge in [-0.05, 0) is 24.3 Å². The number of rotatable bonds is 6. The number of anilines is 6. The quantitative estimate of drug-likeness (QED) is 0.297. The Balaban J connectivity index is 1.54. The SMILES string of the molecule is Nc1nc(Nc2ccccc2)nc(-c2nccnc2-c2nc(N)nc(Nc3ccccc3)n2)n1. The number of nitrogens with zero attached hydrogens (tertiary/aromatic N) is 8. The Bertz CT molecular complexity index is 1320. The van der Waals surface area contributed by atoms with Crippen molar-refractivity contribution in [3.05, 3.63) is 73.1 Å². The van der Waals surface area contributed by atoms with Gasteiger partial charge in [0, 0.05) is 23.8 Å². The van der Waals surface area contributed by atoms with Crippen LogP contribution in [0.25, 0.3) is 23.0 Å². The van der Waals surface area contributed by atoms with Crippen LogP contribution in [0.2, 0.25) is 0 Å². The van der Waals surface area contributed by atoms with E-state index in [0.717, 1.165) is 11.4 Å². The largest absolute Gasteiger partial charge is 0.368 e. The average molecular weight is 450 g/mol. The van der Waals surface area contributed by atoms with E-state index in [-0.39, 0.29) is 35.4 Å². The fraction of sp³-hybridized carbons (Fsp3) is 0. The maximum absolute atomic E-state index is 5.95. The van der Waals surface area contributed by atoms with Crippen LogP contribution >= 0.6 is 0 Å². The smallest absolute Gasteiger partial charge is 0.232 e. The molecule has 6 N–H and O–H groups in total. The Morgan fingerprint density at radius 1 is 0.500 bits per heavy atom. The molecule has 0 amide bonds. The number of nitrogens with one attached hydrogen (secondary N) is 2. The summed E-state index contributed by atoms with van der Waals surface area (Å²) >= 11 is 0. The van der Waals surface area contributed by atoms with E-state index in [9.17, 15) is 0 Å². The highest BCUT2D eigenvalue weighted by Gasteiger charge is 2.19. The second-order valence-corrected chi connectivity index (χ2v) is 6.92. The molecule has 0 aliphatic rings. The first kappa shape index (κ1) is 20.6. The molecule has 0 radical (unpaired) electrons. The average Bonchev–Trinajstić information content (AvgIpc) is 2.85. The maximum atomic E-state index is 5.95. The molecule has 34 heavy (non-hydrogen) atoms. The van der Waals surface area contributed by atoms with Gasteiger partial charge in [0.2, 0.25) is 23.8 Å². The van der Waals surface area contributed by atoms with Gasteiger partial charge in [-0.2, -0.15) is 29.9 Å². The predicted molar refractivity (Wildman–Crippen MR) is 128 cm³/mol. The Morgan fingerprint density at radius 2 is 0.912 bits per heavy atom. The van der Waals surface area contributed by atoms with Gasteiger partial charge in [0.15, 0.2) is 11.6 Å². The minimum absolute atomic E-state index is 0.0154. The van der Waals surface area contributed by atoms with Crippen molar-refractivity contribution in [2.45, 2.75) is 0 Å². The molecule has 3 heterocycles. The number of nitrogens with two attached hydrogens (primary N) is 2. The first-order chi connectivity index (χ1) is 16.6. The van der Waals surface area contributed by atoms with Crippen molar-refractivity contribution in [3.63, 3.8) is 0 Å². The van der Waals surface area contributed by atoms with Crippen molar-refractivity contribution in [1.29, 1.82) is 0 Å². The van der Waals surface area contributed by atoms with Gasteiger partial charge in [0.25, 0.3) is 0 Å². The number of para-hydroxylation sites is 2. The van der Waals surface area contributed by atoms with Crippen LogP contribution in [0.5, 0.6) is 0 Å². The topological polar surface area (TPSA) is 179 Å². The van der Waals surface area contributed by atoms with Crippen LogP contribution in [0.3, 0.4) is 0 Å². The number of nitrogen functional groups attached to an aromatic ring is 2. The van der Waals surface area contributed by atoms with Crippen molar-refractivity contribution < 1.29 is 0 Å². The molecule has 0 spiro atoms. The van der Waals surface area contributed by atoms with Crippen LogP contribution < -0.4 is 22.1 Å². The van der Waals surface area contributed by atoms with Gasteiger partial charge in [-0.15, -0.1) is 0 Å². The second-order valence-electron chi connectivity index (χ2n) is 6.92. The van der Waals surface area contributed by atoms with Crippen LogP contribution in [-0.2, 0) is 0 Å². The molecule has 0 saturated carbocycles. The predicted octanol–water partition coefficient (Wildman–Crippen LogP) is 2.83. The van der Waals surface area contributed by atoms with Crippen molar-refractivity contribution >= 4 is 35.2 Å². The monoisotopic (exact) mass is 450 g/mol. The molecule has 0 unspecified atom stereocenters. The van der Waals surface area contributed by atoms with Gasteiger partial charge in [-0.1, -0.05) is 36.4 Å². The second kappa shape index (κ2) is 9.08. The van der Waals surface area contributed by atoms with Crippen LogP contribution in [-0.4, -0.2) is 39.9 Å². The maximum Gasteiger partial charge on any atom is 0.232 e. The van der Waals surface area contributed by atoms with E-state index in [2.05, 4.69) is 50.5 Å². The first-order valence-electron chi connectivity index (χ1n) is 10.1. The zero-order chi connectivity index (χ0) is 23.3. The van der Waals surface area contributed by atoms with Gasteiger partial charge in [0.05, 0.1) is 0 Å². The standard InChI is InChI=1S/C22H18N12/c23-19-29-17(31-21(33-19)27-13-7-3-1-4-8-13)15-16(26-12-11-25-15)18-30-20(24)34-22(32-18)28-14-9-5-2-6-10-14/h1-12H,(H3,23,27,29,31,33)(H3,24,28,30,32,34). The minimum atomic E-state index is 0.0154. The van der Waals surface area contributed by atoms with Crippen molar-refractivity contribution in [2.24, 2.45) is 0 Å². The third-order valence-corrected chi connectivity index (χ3v) is 4.49. The normalized spacial score (nSPS) is 10.6. The molecule has 12 nitrogen and oxygen atoms in total. The van der Waals surface area contributed by atoms with Gasteiger partial charge in [-0.3, -0.25) is 0 Å². The third-order valence-electron chi connectivity index (χ3n) is 4.49. The molecule has 3 aromatic heterocycles. The van der Waals surface area contributed by atoms with Crippen LogP contribution in [0.1, 0.15) is 0 Å². The van der Waals surface area contributed by atoms with E-state index in [4.69, 9.17) is 11.5 Å². The molecule has 0 fully saturated rings. The van der Waals surface area contributed by atoms with E-state index >= 15 is 0 Å². The summed E-state index contributed by atoms with van der Waals surface area (Å²) in [5.74, 6) is 0.943. The van der Waals surface area contributed by atoms with E-state index < -0.39 is 0 Å². The lowest BCUT2D eigenvalue weighted by Crippen LogP contribution is -2.09. The summed E-state index contributed by atoms with van der Waals surface area (Å²) in [6, 6.07) is 18.9. The molecular weight excluding hydrogens is 432 g/mol. The summed E-state index contributed by atoms with van der Waals surface area (Å²) in [5, 5.41) is 6.20. The van der Waals surface area contributed by atoms with Crippen LogP contribution in [0, 0.1) is 0 Å². The summed E-state index contributed by atoms with van der Waals surface area (Å²) in [6.45, 7) is 0. The van der Waals surface area contributed by atoms with Gasteiger partial charge in [-0.25, -0.2) is 9.97 Å². The highest BCUT2D eigenvalue weighted by molar-refractivity contribution is 5.72. The van der Waals surface area contributed by atoms with E-state index in [1.165, 1.54) is 12.4 Å². The van der Waals surface area contributed by atoms with Crippen molar-refractivity contribution in [3.8, 4) is 23.0 Å².